The van der Waals surface area contributed by atoms with Crippen molar-refractivity contribution in [2.75, 3.05) is 35.3 Å². The van der Waals surface area contributed by atoms with E-state index in [4.69, 9.17) is 11.6 Å². The summed E-state index contributed by atoms with van der Waals surface area (Å²) in [5.41, 5.74) is 2.00. The Morgan fingerprint density at radius 2 is 1.65 bits per heavy atom. The molecular formula is C19H24ClN3O2S. The second kappa shape index (κ2) is 7.86. The lowest BCUT2D eigenvalue weighted by Crippen LogP contribution is -2.36. The average Bonchev–Trinajstić information content (AvgIpc) is 2.86. The predicted molar refractivity (Wildman–Crippen MR) is 109 cm³/mol. The highest BCUT2D eigenvalue weighted by atomic mass is 35.5. The molecule has 0 amide bonds. The van der Waals surface area contributed by atoms with Gasteiger partial charge in [-0.1, -0.05) is 30.7 Å². The second-order valence-electron chi connectivity index (χ2n) is 6.41. The summed E-state index contributed by atoms with van der Waals surface area (Å²) in [7, 11) is -1.58. The largest absolute Gasteiger partial charge is 0.330 e. The van der Waals surface area contributed by atoms with Gasteiger partial charge in [-0.3, -0.25) is 4.31 Å². The Kier molecular flexibility index (Phi) is 5.75. The van der Waals surface area contributed by atoms with Crippen LogP contribution in [0.15, 0.2) is 48.5 Å². The summed E-state index contributed by atoms with van der Waals surface area (Å²) in [6, 6.07) is 14.3. The molecule has 26 heavy (non-hydrogen) atoms. The van der Waals surface area contributed by atoms with Gasteiger partial charge in [0.15, 0.2) is 0 Å². The normalized spacial score (nSPS) is 15.5. The molecule has 0 unspecified atom stereocenters. The number of hydrogen-bond acceptors (Lipinski definition) is 3. The van der Waals surface area contributed by atoms with Crippen LogP contribution in [-0.2, 0) is 10.2 Å². The van der Waals surface area contributed by atoms with Gasteiger partial charge in [0.1, 0.15) is 0 Å². The fourth-order valence-corrected chi connectivity index (χ4v) is 4.95. The van der Waals surface area contributed by atoms with E-state index in [1.807, 2.05) is 24.3 Å². The fraction of sp³-hybridized carbons (Fsp3) is 0.368. The lowest BCUT2D eigenvalue weighted by atomic mass is 10.2. The number of nitrogens with zero attached hydrogens (tertiary/aromatic N) is 3. The molecule has 0 spiro atoms. The molecule has 7 heteroatoms. The van der Waals surface area contributed by atoms with Crippen molar-refractivity contribution in [3.8, 4) is 0 Å². The van der Waals surface area contributed by atoms with E-state index in [1.54, 1.807) is 24.3 Å². The number of para-hydroxylation sites is 2. The molecule has 1 aliphatic rings. The van der Waals surface area contributed by atoms with Crippen LogP contribution in [0.3, 0.4) is 0 Å². The van der Waals surface area contributed by atoms with E-state index in [9.17, 15) is 8.42 Å². The fourth-order valence-electron chi connectivity index (χ4n) is 3.07. The van der Waals surface area contributed by atoms with Crippen LogP contribution in [-0.4, -0.2) is 40.0 Å². The molecule has 0 atom stereocenters. The van der Waals surface area contributed by atoms with Gasteiger partial charge in [0.05, 0.1) is 17.1 Å². The van der Waals surface area contributed by atoms with Crippen molar-refractivity contribution in [1.82, 2.24) is 4.90 Å². The zero-order valence-corrected chi connectivity index (χ0v) is 16.7. The van der Waals surface area contributed by atoms with Crippen LogP contribution in [0.1, 0.15) is 19.8 Å². The third-order valence-electron chi connectivity index (χ3n) is 4.63. The van der Waals surface area contributed by atoms with E-state index in [0.717, 1.165) is 31.6 Å². The Bertz CT molecular complexity index is 855. The predicted octanol–water partition coefficient (Wildman–Crippen LogP) is 4.27. The number of rotatable bonds is 7. The summed E-state index contributed by atoms with van der Waals surface area (Å²) in [4.78, 5) is 2.23. The molecule has 3 rings (SSSR count). The van der Waals surface area contributed by atoms with Gasteiger partial charge in [0.25, 0.3) is 0 Å². The molecule has 0 aromatic heterocycles. The molecule has 0 aliphatic carbocycles. The average molecular weight is 394 g/mol. The smallest absolute Gasteiger partial charge is 0.307 e. The Morgan fingerprint density at radius 1 is 1.00 bits per heavy atom. The van der Waals surface area contributed by atoms with Crippen LogP contribution in [0.2, 0.25) is 5.02 Å². The number of halogens is 1. The molecule has 1 heterocycles. The van der Waals surface area contributed by atoms with Crippen LogP contribution >= 0.6 is 11.6 Å². The summed E-state index contributed by atoms with van der Waals surface area (Å²) < 4.78 is 29.4. The van der Waals surface area contributed by atoms with E-state index >= 15 is 0 Å². The minimum Gasteiger partial charge on any atom is -0.307 e. The first-order chi connectivity index (χ1) is 12.4. The highest BCUT2D eigenvalue weighted by Crippen LogP contribution is 2.45. The minimum atomic E-state index is -3.65. The maximum absolute atomic E-state index is 13.2. The first-order valence-electron chi connectivity index (χ1n) is 8.81. The van der Waals surface area contributed by atoms with Crippen molar-refractivity contribution in [1.29, 1.82) is 0 Å². The summed E-state index contributed by atoms with van der Waals surface area (Å²) in [5.74, 6) is 0. The molecule has 0 N–H and O–H groups in total. The first kappa shape index (κ1) is 19.0. The molecule has 140 valence electrons. The lowest BCUT2D eigenvalue weighted by molar-refractivity contribution is 0.344. The quantitative estimate of drug-likeness (QED) is 0.659. The zero-order valence-electron chi connectivity index (χ0n) is 15.1. The molecular weight excluding hydrogens is 370 g/mol. The highest BCUT2D eigenvalue weighted by molar-refractivity contribution is 7.95. The molecule has 2 aromatic carbocycles. The Balaban J connectivity index is 1.86. The van der Waals surface area contributed by atoms with Crippen LogP contribution < -0.4 is 8.61 Å². The molecule has 0 radical (unpaired) electrons. The van der Waals surface area contributed by atoms with E-state index in [2.05, 4.69) is 18.9 Å². The minimum absolute atomic E-state index is 0.473. The van der Waals surface area contributed by atoms with Crippen molar-refractivity contribution in [3.63, 3.8) is 0 Å². The number of anilines is 3. The third-order valence-corrected chi connectivity index (χ3v) is 6.69. The van der Waals surface area contributed by atoms with Gasteiger partial charge < -0.3 is 4.90 Å². The monoisotopic (exact) mass is 393 g/mol. The second-order valence-corrected chi connectivity index (χ2v) is 8.55. The van der Waals surface area contributed by atoms with Crippen molar-refractivity contribution in [2.45, 2.75) is 19.8 Å². The molecule has 5 nitrogen and oxygen atoms in total. The van der Waals surface area contributed by atoms with Gasteiger partial charge in [-0.15, -0.1) is 0 Å². The van der Waals surface area contributed by atoms with Crippen molar-refractivity contribution < 1.29 is 8.42 Å². The van der Waals surface area contributed by atoms with E-state index in [-0.39, 0.29) is 0 Å². The maximum atomic E-state index is 13.2. The van der Waals surface area contributed by atoms with Crippen molar-refractivity contribution >= 4 is 38.9 Å². The van der Waals surface area contributed by atoms with Crippen molar-refractivity contribution in [2.24, 2.45) is 0 Å². The van der Waals surface area contributed by atoms with Crippen molar-refractivity contribution in [3.05, 3.63) is 53.6 Å². The first-order valence-corrected chi connectivity index (χ1v) is 10.6. The van der Waals surface area contributed by atoms with Gasteiger partial charge in [-0.25, -0.2) is 4.31 Å². The molecule has 0 fully saturated rings. The highest BCUT2D eigenvalue weighted by Gasteiger charge is 2.40. The zero-order chi connectivity index (χ0) is 18.7. The Morgan fingerprint density at radius 3 is 2.31 bits per heavy atom. The van der Waals surface area contributed by atoms with E-state index < -0.39 is 10.2 Å². The van der Waals surface area contributed by atoms with Crippen LogP contribution in [0.25, 0.3) is 0 Å². The molecule has 0 saturated heterocycles. The molecule has 2 aromatic rings. The summed E-state index contributed by atoms with van der Waals surface area (Å²) in [6.07, 6.45) is 1.77. The van der Waals surface area contributed by atoms with E-state index in [0.29, 0.717) is 22.9 Å². The van der Waals surface area contributed by atoms with Gasteiger partial charge in [-0.2, -0.15) is 8.42 Å². The number of hydrogen-bond donors (Lipinski definition) is 0. The van der Waals surface area contributed by atoms with Crippen LogP contribution in [0, 0.1) is 0 Å². The topological polar surface area (TPSA) is 43.9 Å². The standard InChI is InChI=1S/C19H24ClN3O2S/c1-3-21(2)14-6-7-15-22-18-8-4-5-9-19(18)23(26(22,24)25)17-12-10-16(20)11-13-17/h4-5,8-13H,3,6-7,14-15H2,1-2H3. The lowest BCUT2D eigenvalue weighted by Gasteiger charge is -2.22. The number of fused-ring (bicyclic) bond motifs is 1. The maximum Gasteiger partial charge on any atom is 0.330 e. The van der Waals surface area contributed by atoms with Gasteiger partial charge in [-0.05, 0) is 69.4 Å². The van der Waals surface area contributed by atoms with Gasteiger partial charge in [0.2, 0.25) is 0 Å². The van der Waals surface area contributed by atoms with E-state index in [1.165, 1.54) is 8.61 Å². The molecule has 0 bridgehead atoms. The molecule has 0 saturated carbocycles. The van der Waals surface area contributed by atoms with Gasteiger partial charge >= 0.3 is 10.2 Å². The SMILES string of the molecule is CCN(C)CCCCN1c2ccccc2N(c2ccc(Cl)cc2)S1(=O)=O. The third kappa shape index (κ3) is 3.68. The van der Waals surface area contributed by atoms with Crippen LogP contribution in [0.5, 0.6) is 0 Å². The number of unbranched alkanes of at least 4 members (excludes halogenated alkanes) is 1. The Labute approximate surface area is 161 Å². The van der Waals surface area contributed by atoms with Crippen LogP contribution in [0.4, 0.5) is 17.1 Å². The summed E-state index contributed by atoms with van der Waals surface area (Å²) >= 11 is 5.96. The molecule has 1 aliphatic heterocycles. The number of benzene rings is 2. The summed E-state index contributed by atoms with van der Waals surface area (Å²) in [6.45, 7) is 4.55. The summed E-state index contributed by atoms with van der Waals surface area (Å²) in [5, 5.41) is 0.579. The van der Waals surface area contributed by atoms with Gasteiger partial charge in [0, 0.05) is 11.6 Å². The Hall–Kier alpha value is -1.76.